The summed E-state index contributed by atoms with van der Waals surface area (Å²) in [4.78, 5) is 11.5. The molecule has 0 saturated carbocycles. The van der Waals surface area contributed by atoms with E-state index in [0.29, 0.717) is 15.6 Å². The highest BCUT2D eigenvalue weighted by atomic mass is 35.5. The summed E-state index contributed by atoms with van der Waals surface area (Å²) in [6.45, 7) is 0. The van der Waals surface area contributed by atoms with E-state index in [2.05, 4.69) is 15.3 Å². The lowest BCUT2D eigenvalue weighted by Gasteiger charge is -2.03. The number of hydrogen-bond acceptors (Lipinski definition) is 4. The van der Waals surface area contributed by atoms with Crippen LogP contribution in [0.1, 0.15) is 5.56 Å². The zero-order valence-electron chi connectivity index (χ0n) is 9.10. The number of H-pyrrole nitrogens is 1. The van der Waals surface area contributed by atoms with Crippen LogP contribution < -0.4 is 5.56 Å². The van der Waals surface area contributed by atoms with Crippen LogP contribution >= 0.6 is 47.0 Å². The number of hydrogen-bond donors (Lipinski definition) is 1. The third kappa shape index (κ3) is 3.03. The van der Waals surface area contributed by atoms with Gasteiger partial charge in [-0.1, -0.05) is 34.8 Å². The van der Waals surface area contributed by atoms with Gasteiger partial charge in [0.2, 0.25) is 4.77 Å². The van der Waals surface area contributed by atoms with Crippen LogP contribution in [0.5, 0.6) is 0 Å². The fourth-order valence-electron chi connectivity index (χ4n) is 1.23. The Morgan fingerprint density at radius 2 is 2.00 bits per heavy atom. The maximum atomic E-state index is 11.5. The molecule has 2 rings (SSSR count). The summed E-state index contributed by atoms with van der Waals surface area (Å²) in [6.07, 6.45) is 2.36. The van der Waals surface area contributed by atoms with E-state index in [1.807, 2.05) is 0 Å². The maximum Gasteiger partial charge on any atom is 0.293 e. The molecule has 0 radical (unpaired) electrons. The molecular weight excluding hydrogens is 331 g/mol. The van der Waals surface area contributed by atoms with Crippen LogP contribution in [0.25, 0.3) is 0 Å². The largest absolute Gasteiger partial charge is 0.293 e. The number of rotatable bonds is 2. The Balaban J connectivity index is 2.53. The van der Waals surface area contributed by atoms with E-state index < -0.39 is 5.56 Å². The lowest BCUT2D eigenvalue weighted by atomic mass is 10.2. The lowest BCUT2D eigenvalue weighted by molar-refractivity contribution is 0.738. The number of nitrogens with one attached hydrogen (secondary N) is 1. The Morgan fingerprint density at radius 3 is 2.68 bits per heavy atom. The van der Waals surface area contributed by atoms with Crippen LogP contribution in [0.3, 0.4) is 0 Å². The quantitative estimate of drug-likeness (QED) is 0.521. The van der Waals surface area contributed by atoms with Crippen LogP contribution in [0, 0.1) is 4.77 Å². The molecule has 19 heavy (non-hydrogen) atoms. The molecule has 2 aromatic rings. The van der Waals surface area contributed by atoms with E-state index in [1.165, 1.54) is 6.21 Å². The number of aromatic nitrogens is 3. The summed E-state index contributed by atoms with van der Waals surface area (Å²) in [6, 6.07) is 3.14. The summed E-state index contributed by atoms with van der Waals surface area (Å²) in [5.74, 6) is 0. The Kier molecular flexibility index (Phi) is 4.36. The lowest BCUT2D eigenvalue weighted by Crippen LogP contribution is -2.18. The molecule has 1 N–H and O–H groups in total. The Bertz CT molecular complexity index is 740. The molecule has 0 aliphatic heterocycles. The molecule has 0 saturated heterocycles. The average molecular weight is 336 g/mol. The average Bonchev–Trinajstić information content (AvgIpc) is 2.37. The highest BCUT2D eigenvalue weighted by Gasteiger charge is 2.07. The molecule has 1 aromatic heterocycles. The molecule has 0 spiro atoms. The van der Waals surface area contributed by atoms with Gasteiger partial charge in [0, 0.05) is 5.56 Å². The predicted octanol–water partition coefficient (Wildman–Crippen LogP) is 3.14. The van der Waals surface area contributed by atoms with Crippen molar-refractivity contribution in [3.63, 3.8) is 0 Å². The topological polar surface area (TPSA) is 63.0 Å². The molecule has 0 fully saturated rings. The highest BCUT2D eigenvalue weighted by molar-refractivity contribution is 7.71. The molecule has 98 valence electrons. The first-order valence-electron chi connectivity index (χ1n) is 4.85. The molecule has 0 aliphatic carbocycles. The maximum absolute atomic E-state index is 11.5. The molecule has 0 bridgehead atoms. The number of benzene rings is 1. The van der Waals surface area contributed by atoms with E-state index in [0.717, 1.165) is 10.9 Å². The smallest absolute Gasteiger partial charge is 0.265 e. The van der Waals surface area contributed by atoms with Crippen molar-refractivity contribution in [2.45, 2.75) is 0 Å². The highest BCUT2D eigenvalue weighted by Crippen LogP contribution is 2.29. The molecule has 1 aromatic carbocycles. The molecule has 0 aliphatic rings. The van der Waals surface area contributed by atoms with Gasteiger partial charge in [0.1, 0.15) is 6.20 Å². The molecule has 0 amide bonds. The van der Waals surface area contributed by atoms with Gasteiger partial charge in [-0.2, -0.15) is 14.9 Å². The summed E-state index contributed by atoms with van der Waals surface area (Å²) < 4.78 is 1.01. The monoisotopic (exact) mass is 334 g/mol. The fraction of sp³-hybridized carbons (Fsp3) is 0. The van der Waals surface area contributed by atoms with Gasteiger partial charge in [0.05, 0.1) is 21.3 Å². The van der Waals surface area contributed by atoms with E-state index in [-0.39, 0.29) is 9.79 Å². The fourth-order valence-corrected chi connectivity index (χ4v) is 2.05. The van der Waals surface area contributed by atoms with Crippen molar-refractivity contribution in [2.24, 2.45) is 5.10 Å². The first-order valence-corrected chi connectivity index (χ1v) is 6.39. The van der Waals surface area contributed by atoms with E-state index >= 15 is 0 Å². The molecule has 9 heteroatoms. The summed E-state index contributed by atoms with van der Waals surface area (Å²) >= 11 is 22.7. The summed E-state index contributed by atoms with van der Waals surface area (Å²) in [5, 5.41) is 10.8. The minimum absolute atomic E-state index is 0.0537. The normalized spacial score (nSPS) is 11.1. The molecule has 5 nitrogen and oxygen atoms in total. The van der Waals surface area contributed by atoms with Gasteiger partial charge in [-0.3, -0.25) is 9.89 Å². The van der Waals surface area contributed by atoms with Crippen molar-refractivity contribution in [3.8, 4) is 0 Å². The zero-order chi connectivity index (χ0) is 14.0. The number of nitrogens with zero attached hydrogens (tertiary/aromatic N) is 3. The number of halogens is 3. The summed E-state index contributed by atoms with van der Waals surface area (Å²) in [5.41, 5.74) is -0.0804. The van der Waals surface area contributed by atoms with Crippen LogP contribution in [0.4, 0.5) is 0 Å². The van der Waals surface area contributed by atoms with Gasteiger partial charge < -0.3 is 0 Å². The SMILES string of the molecule is O=c1cn[nH]c(=S)n1/N=C/c1c(Cl)ccc(Cl)c1Cl. The Morgan fingerprint density at radius 1 is 1.32 bits per heavy atom. The van der Waals surface area contributed by atoms with Gasteiger partial charge >= 0.3 is 0 Å². The van der Waals surface area contributed by atoms with Gasteiger partial charge in [-0.15, -0.1) is 0 Å². The standard InChI is InChI=1S/C10H5Cl3N4OS/c11-6-1-2-7(12)9(13)5(6)3-15-17-8(18)4-14-16-10(17)19/h1-4H,(H,16,19)/b15-3+. The summed E-state index contributed by atoms with van der Waals surface area (Å²) in [7, 11) is 0. The van der Waals surface area contributed by atoms with E-state index in [1.54, 1.807) is 12.1 Å². The van der Waals surface area contributed by atoms with Crippen LogP contribution in [0.15, 0.2) is 28.2 Å². The molecular formula is C10H5Cl3N4OS. The second kappa shape index (κ2) is 5.83. The third-order valence-corrected chi connectivity index (χ3v) is 3.53. The Hall–Kier alpha value is -1.21. The minimum atomic E-state index is -0.478. The molecule has 0 atom stereocenters. The van der Waals surface area contributed by atoms with Crippen molar-refractivity contribution in [1.82, 2.24) is 14.9 Å². The van der Waals surface area contributed by atoms with E-state index in [9.17, 15) is 4.79 Å². The zero-order valence-corrected chi connectivity index (χ0v) is 12.2. The van der Waals surface area contributed by atoms with Crippen molar-refractivity contribution in [3.05, 3.63) is 54.1 Å². The van der Waals surface area contributed by atoms with Crippen molar-refractivity contribution < 1.29 is 0 Å². The molecule has 1 heterocycles. The number of aromatic amines is 1. The second-order valence-corrected chi connectivity index (χ2v) is 4.91. The second-order valence-electron chi connectivity index (χ2n) is 3.33. The first kappa shape index (κ1) is 14.2. The Labute approximate surface area is 127 Å². The van der Waals surface area contributed by atoms with Crippen molar-refractivity contribution in [2.75, 3.05) is 0 Å². The van der Waals surface area contributed by atoms with Crippen LogP contribution in [0.2, 0.25) is 15.1 Å². The third-order valence-electron chi connectivity index (χ3n) is 2.12. The van der Waals surface area contributed by atoms with Crippen LogP contribution in [-0.4, -0.2) is 21.1 Å². The van der Waals surface area contributed by atoms with Crippen LogP contribution in [-0.2, 0) is 0 Å². The minimum Gasteiger partial charge on any atom is -0.265 e. The van der Waals surface area contributed by atoms with Gasteiger partial charge in [0.25, 0.3) is 5.56 Å². The van der Waals surface area contributed by atoms with Crippen molar-refractivity contribution in [1.29, 1.82) is 0 Å². The van der Waals surface area contributed by atoms with Gasteiger partial charge in [0.15, 0.2) is 0 Å². The molecule has 0 unspecified atom stereocenters. The first-order chi connectivity index (χ1) is 9.00. The van der Waals surface area contributed by atoms with Crippen molar-refractivity contribution >= 4 is 53.2 Å². The van der Waals surface area contributed by atoms with Gasteiger partial charge in [-0.25, -0.2) is 0 Å². The predicted molar refractivity (Wildman–Crippen MR) is 78.1 cm³/mol. The van der Waals surface area contributed by atoms with E-state index in [4.69, 9.17) is 47.0 Å². The van der Waals surface area contributed by atoms with Gasteiger partial charge in [-0.05, 0) is 24.4 Å².